The highest BCUT2D eigenvalue weighted by atomic mass is 35.5. The fraction of sp³-hybridized carbons (Fsp3) is 0.278. The third kappa shape index (κ3) is 6.39. The zero-order chi connectivity index (χ0) is 17.6. The minimum atomic E-state index is -0.347. The average molecular weight is 412 g/mol. The number of aromatic nitrogens is 1. The predicted octanol–water partition coefficient (Wildman–Crippen LogP) is 1.89. The maximum atomic E-state index is 12.1. The van der Waals surface area contributed by atoms with Gasteiger partial charge in [-0.15, -0.1) is 24.8 Å². The summed E-state index contributed by atoms with van der Waals surface area (Å²) in [5.41, 5.74) is 7.60. The third-order valence-corrected chi connectivity index (χ3v) is 4.03. The Balaban J connectivity index is 0.00000182. The molecule has 1 atom stereocenters. The van der Waals surface area contributed by atoms with E-state index in [9.17, 15) is 9.59 Å². The molecule has 1 saturated heterocycles. The van der Waals surface area contributed by atoms with Crippen LogP contribution in [0.4, 0.5) is 11.5 Å². The average Bonchev–Trinajstić information content (AvgIpc) is 2.63. The van der Waals surface area contributed by atoms with Crippen molar-refractivity contribution < 1.29 is 9.59 Å². The van der Waals surface area contributed by atoms with Gasteiger partial charge < -0.3 is 21.3 Å². The number of hydrogen-bond donors (Lipinski definition) is 3. The molecular weight excluding hydrogens is 389 g/mol. The van der Waals surface area contributed by atoms with Crippen molar-refractivity contribution in [2.75, 3.05) is 29.9 Å². The summed E-state index contributed by atoms with van der Waals surface area (Å²) in [4.78, 5) is 29.8. The zero-order valence-corrected chi connectivity index (χ0v) is 16.3. The van der Waals surface area contributed by atoms with Crippen molar-refractivity contribution in [1.29, 1.82) is 0 Å². The van der Waals surface area contributed by atoms with Crippen LogP contribution in [-0.4, -0.2) is 36.4 Å². The number of nitrogens with one attached hydrogen (secondary N) is 2. The van der Waals surface area contributed by atoms with Crippen molar-refractivity contribution in [3.63, 3.8) is 0 Å². The number of amides is 2. The second-order valence-corrected chi connectivity index (χ2v) is 5.95. The van der Waals surface area contributed by atoms with Crippen LogP contribution < -0.4 is 21.3 Å². The number of rotatable bonds is 5. The summed E-state index contributed by atoms with van der Waals surface area (Å²) >= 11 is 0. The van der Waals surface area contributed by atoms with Gasteiger partial charge in [0.1, 0.15) is 5.82 Å². The first kappa shape index (κ1) is 22.7. The number of pyridine rings is 1. The fourth-order valence-corrected chi connectivity index (χ4v) is 2.71. The first-order valence-corrected chi connectivity index (χ1v) is 8.20. The van der Waals surface area contributed by atoms with Gasteiger partial charge >= 0.3 is 0 Å². The molecule has 0 bridgehead atoms. The van der Waals surface area contributed by atoms with Gasteiger partial charge in [0.05, 0.1) is 18.4 Å². The van der Waals surface area contributed by atoms with E-state index >= 15 is 0 Å². The van der Waals surface area contributed by atoms with Gasteiger partial charge in [0.25, 0.3) is 0 Å². The number of halogens is 2. The Bertz CT molecular complexity index is 743. The maximum absolute atomic E-state index is 12.1. The lowest BCUT2D eigenvalue weighted by molar-refractivity contribution is -0.120. The second-order valence-electron chi connectivity index (χ2n) is 5.95. The highest BCUT2D eigenvalue weighted by Gasteiger charge is 2.17. The Kier molecular flexibility index (Phi) is 9.00. The van der Waals surface area contributed by atoms with Crippen molar-refractivity contribution in [3.8, 4) is 0 Å². The van der Waals surface area contributed by atoms with Gasteiger partial charge in [0.2, 0.25) is 11.8 Å². The summed E-state index contributed by atoms with van der Waals surface area (Å²) in [5.74, 6) is 0.539. The number of nitrogens with two attached hydrogens (primary N) is 1. The van der Waals surface area contributed by atoms with Crippen LogP contribution in [0.15, 0.2) is 48.7 Å². The van der Waals surface area contributed by atoms with Gasteiger partial charge in [-0.25, -0.2) is 4.98 Å². The molecule has 146 valence electrons. The van der Waals surface area contributed by atoms with Gasteiger partial charge in [-0.3, -0.25) is 9.59 Å². The number of anilines is 2. The molecular formula is C18H23Cl2N5O2. The number of benzene rings is 1. The number of carbonyl (C=O) groups is 2. The van der Waals surface area contributed by atoms with E-state index in [1.54, 1.807) is 18.3 Å². The Morgan fingerprint density at radius 2 is 1.96 bits per heavy atom. The van der Waals surface area contributed by atoms with Crippen molar-refractivity contribution in [2.24, 2.45) is 5.73 Å². The highest BCUT2D eigenvalue weighted by molar-refractivity contribution is 5.91. The quantitative estimate of drug-likeness (QED) is 0.697. The molecule has 2 aromatic rings. The summed E-state index contributed by atoms with van der Waals surface area (Å²) in [6.07, 6.45) is 1.78. The van der Waals surface area contributed by atoms with E-state index in [1.807, 2.05) is 35.2 Å². The van der Waals surface area contributed by atoms with Gasteiger partial charge in [-0.1, -0.05) is 30.3 Å². The molecule has 2 heterocycles. The summed E-state index contributed by atoms with van der Waals surface area (Å²) in [6.45, 7) is 1.62. The molecule has 1 aromatic carbocycles. The Hall–Kier alpha value is -2.35. The predicted molar refractivity (Wildman–Crippen MR) is 111 cm³/mol. The molecule has 2 amide bonds. The van der Waals surface area contributed by atoms with Crippen LogP contribution in [0.25, 0.3) is 0 Å². The molecule has 1 fully saturated rings. The van der Waals surface area contributed by atoms with Crippen LogP contribution in [0, 0.1) is 0 Å². The van der Waals surface area contributed by atoms with Crippen molar-refractivity contribution in [2.45, 2.75) is 12.5 Å². The summed E-state index contributed by atoms with van der Waals surface area (Å²) in [5, 5.41) is 5.58. The summed E-state index contributed by atoms with van der Waals surface area (Å²) in [7, 11) is 0. The first-order chi connectivity index (χ1) is 12.1. The van der Waals surface area contributed by atoms with Crippen LogP contribution >= 0.6 is 24.8 Å². The van der Waals surface area contributed by atoms with Crippen molar-refractivity contribution in [1.82, 2.24) is 10.3 Å². The lowest BCUT2D eigenvalue weighted by Gasteiger charge is -2.27. The van der Waals surface area contributed by atoms with Gasteiger partial charge in [-0.2, -0.15) is 0 Å². The standard InChI is InChI=1S/C18H21N5O2.2ClH/c19-15(13-4-2-1-3-5-13)10-17(24)22-14-6-7-16(21-11-14)23-9-8-20-18(25)12-23;;/h1-7,11,15H,8-10,12,19H2,(H,20,25)(H,22,24);2*1H. The minimum Gasteiger partial charge on any atom is -0.353 e. The summed E-state index contributed by atoms with van der Waals surface area (Å²) < 4.78 is 0. The Morgan fingerprint density at radius 3 is 2.59 bits per heavy atom. The number of piperazine rings is 1. The van der Waals surface area contributed by atoms with Crippen LogP contribution in [0.2, 0.25) is 0 Å². The maximum Gasteiger partial charge on any atom is 0.239 e. The normalized spacial score (nSPS) is 14.3. The topological polar surface area (TPSA) is 100 Å². The Labute approximate surface area is 170 Å². The largest absolute Gasteiger partial charge is 0.353 e. The molecule has 0 radical (unpaired) electrons. The van der Waals surface area contributed by atoms with Crippen molar-refractivity contribution >= 4 is 48.1 Å². The second kappa shape index (κ2) is 10.7. The highest BCUT2D eigenvalue weighted by Crippen LogP contribution is 2.17. The lowest BCUT2D eigenvalue weighted by Crippen LogP contribution is -2.48. The van der Waals surface area contributed by atoms with Crippen LogP contribution in [0.1, 0.15) is 18.0 Å². The van der Waals surface area contributed by atoms with Crippen LogP contribution in [-0.2, 0) is 9.59 Å². The first-order valence-electron chi connectivity index (χ1n) is 8.20. The molecule has 1 aliphatic heterocycles. The molecule has 9 heteroatoms. The van der Waals surface area contributed by atoms with Crippen molar-refractivity contribution in [3.05, 3.63) is 54.2 Å². The molecule has 7 nitrogen and oxygen atoms in total. The van der Waals surface area contributed by atoms with E-state index in [0.717, 1.165) is 12.1 Å². The number of nitrogens with zero attached hydrogens (tertiary/aromatic N) is 2. The molecule has 3 rings (SSSR count). The molecule has 1 aliphatic rings. The van der Waals surface area contributed by atoms with Crippen LogP contribution in [0.3, 0.4) is 0 Å². The number of carbonyl (C=O) groups excluding carboxylic acids is 2. The van der Waals surface area contributed by atoms with E-state index in [-0.39, 0.29) is 49.1 Å². The number of hydrogen-bond acceptors (Lipinski definition) is 5. The molecule has 1 unspecified atom stereocenters. The molecule has 0 spiro atoms. The molecule has 0 aliphatic carbocycles. The fourth-order valence-electron chi connectivity index (χ4n) is 2.71. The minimum absolute atomic E-state index is 0. The van der Waals surface area contributed by atoms with Gasteiger partial charge in [-0.05, 0) is 17.7 Å². The monoisotopic (exact) mass is 411 g/mol. The van der Waals surface area contributed by atoms with E-state index in [1.165, 1.54) is 0 Å². The summed E-state index contributed by atoms with van der Waals surface area (Å²) in [6, 6.07) is 12.8. The SMILES string of the molecule is Cl.Cl.NC(CC(=O)Nc1ccc(N2CCNC(=O)C2)nc1)c1ccccc1. The lowest BCUT2D eigenvalue weighted by atomic mass is 10.0. The van der Waals surface area contributed by atoms with E-state index < -0.39 is 0 Å². The molecule has 0 saturated carbocycles. The molecule has 27 heavy (non-hydrogen) atoms. The van der Waals surface area contributed by atoms with E-state index in [4.69, 9.17) is 5.73 Å². The Morgan fingerprint density at radius 1 is 1.22 bits per heavy atom. The van der Waals surface area contributed by atoms with Gasteiger partial charge in [0.15, 0.2) is 0 Å². The molecule has 4 N–H and O–H groups in total. The molecule has 1 aromatic heterocycles. The van der Waals surface area contributed by atoms with Gasteiger partial charge in [0, 0.05) is 25.6 Å². The zero-order valence-electron chi connectivity index (χ0n) is 14.6. The third-order valence-electron chi connectivity index (χ3n) is 4.03. The smallest absolute Gasteiger partial charge is 0.239 e. The van der Waals surface area contributed by atoms with E-state index in [0.29, 0.717) is 24.6 Å². The van der Waals surface area contributed by atoms with Crippen LogP contribution in [0.5, 0.6) is 0 Å². The van der Waals surface area contributed by atoms with E-state index in [2.05, 4.69) is 15.6 Å².